The molecule has 0 aliphatic rings. The average Bonchev–Trinajstić information content (AvgIpc) is 2.93. The molecule has 0 saturated carbocycles. The molecule has 1 aromatic carbocycles. The maximum atomic E-state index is 11.7. The number of nitrogens with one attached hydrogen (secondary N) is 1. The Morgan fingerprint density at radius 1 is 1.38 bits per heavy atom. The normalized spacial score (nSPS) is 10.4. The highest BCUT2D eigenvalue weighted by Gasteiger charge is 2.11. The summed E-state index contributed by atoms with van der Waals surface area (Å²) < 4.78 is 11.1. The Balaban J connectivity index is 1.95. The fourth-order valence-electron chi connectivity index (χ4n) is 1.76. The Morgan fingerprint density at radius 3 is 2.90 bits per heavy atom. The van der Waals surface area contributed by atoms with Gasteiger partial charge in [0.1, 0.15) is 18.1 Å². The number of aryl methyl sites for hydroxylation is 1. The van der Waals surface area contributed by atoms with E-state index < -0.39 is 0 Å². The summed E-state index contributed by atoms with van der Waals surface area (Å²) in [5.41, 5.74) is 0.945. The van der Waals surface area contributed by atoms with Gasteiger partial charge in [0.05, 0.1) is 0 Å². The molecule has 4 nitrogen and oxygen atoms in total. The second-order valence-electron chi connectivity index (χ2n) is 4.44. The minimum Gasteiger partial charge on any atom is -0.485 e. The van der Waals surface area contributed by atoms with Crippen molar-refractivity contribution in [3.8, 4) is 5.75 Å². The van der Waals surface area contributed by atoms with Crippen LogP contribution >= 0.6 is 24.2 Å². The lowest BCUT2D eigenvalue weighted by molar-refractivity contribution is 0.0924. The Bertz CT molecular complexity index is 627. The zero-order valence-corrected chi connectivity index (χ0v) is 13.2. The smallest absolute Gasteiger partial charge is 0.287 e. The summed E-state index contributed by atoms with van der Waals surface area (Å²) in [5, 5.41) is 3.35. The van der Waals surface area contributed by atoms with Crippen molar-refractivity contribution in [2.24, 2.45) is 0 Å². The number of benzene rings is 1. The van der Waals surface area contributed by atoms with E-state index in [1.54, 1.807) is 24.3 Å². The molecule has 0 atom stereocenters. The lowest BCUT2D eigenvalue weighted by Gasteiger charge is -2.07. The molecule has 0 aliphatic carbocycles. The standard InChI is InChI=1S/C15H16ClNO3S/c1-10-8-11(16)2-4-13(10)19-9-12-3-5-14(20-12)15(18)17-6-7-21/h2-5,8,21H,6-7,9H2,1H3,(H,17,18). The van der Waals surface area contributed by atoms with Crippen LogP contribution in [0.15, 0.2) is 34.7 Å². The topological polar surface area (TPSA) is 51.5 Å². The van der Waals surface area contributed by atoms with E-state index in [-0.39, 0.29) is 18.3 Å². The van der Waals surface area contributed by atoms with Crippen molar-refractivity contribution in [3.05, 3.63) is 52.4 Å². The molecule has 21 heavy (non-hydrogen) atoms. The van der Waals surface area contributed by atoms with Crippen LogP contribution in [0.5, 0.6) is 5.75 Å². The molecule has 1 N–H and O–H groups in total. The van der Waals surface area contributed by atoms with Gasteiger partial charge in [0.15, 0.2) is 5.76 Å². The van der Waals surface area contributed by atoms with Crippen molar-refractivity contribution in [2.45, 2.75) is 13.5 Å². The second kappa shape index (κ2) is 7.43. The predicted molar refractivity (Wildman–Crippen MR) is 85.4 cm³/mol. The number of thiol groups is 1. The number of carbonyl (C=O) groups is 1. The molecule has 1 amide bonds. The molecule has 112 valence electrons. The molecule has 6 heteroatoms. The van der Waals surface area contributed by atoms with Gasteiger partial charge in [-0.1, -0.05) is 11.6 Å². The first-order chi connectivity index (χ1) is 10.1. The first-order valence-electron chi connectivity index (χ1n) is 6.47. The van der Waals surface area contributed by atoms with E-state index in [1.807, 2.05) is 13.0 Å². The third-order valence-electron chi connectivity index (χ3n) is 2.79. The third-order valence-corrected chi connectivity index (χ3v) is 3.25. The molecule has 0 radical (unpaired) electrons. The number of hydrogen-bond acceptors (Lipinski definition) is 4. The van der Waals surface area contributed by atoms with E-state index in [2.05, 4.69) is 17.9 Å². The van der Waals surface area contributed by atoms with E-state index in [4.69, 9.17) is 20.8 Å². The number of furan rings is 1. The first kappa shape index (κ1) is 15.8. The van der Waals surface area contributed by atoms with Gasteiger partial charge in [0.25, 0.3) is 5.91 Å². The van der Waals surface area contributed by atoms with Crippen LogP contribution in [-0.2, 0) is 6.61 Å². The third kappa shape index (κ3) is 4.44. The molecule has 0 saturated heterocycles. The largest absolute Gasteiger partial charge is 0.485 e. The number of amides is 1. The van der Waals surface area contributed by atoms with Crippen molar-refractivity contribution in [3.63, 3.8) is 0 Å². The van der Waals surface area contributed by atoms with E-state index in [1.165, 1.54) is 0 Å². The van der Waals surface area contributed by atoms with Crippen molar-refractivity contribution in [1.82, 2.24) is 5.32 Å². The van der Waals surface area contributed by atoms with Crippen LogP contribution in [0.25, 0.3) is 0 Å². The summed E-state index contributed by atoms with van der Waals surface area (Å²) in [7, 11) is 0. The van der Waals surface area contributed by atoms with Gasteiger partial charge in [-0.15, -0.1) is 0 Å². The highest BCUT2D eigenvalue weighted by atomic mass is 35.5. The maximum absolute atomic E-state index is 11.7. The lowest BCUT2D eigenvalue weighted by atomic mass is 10.2. The fourth-order valence-corrected chi connectivity index (χ4v) is 2.10. The van der Waals surface area contributed by atoms with Crippen molar-refractivity contribution in [1.29, 1.82) is 0 Å². The molecular formula is C15H16ClNO3S. The molecule has 0 fully saturated rings. The number of halogens is 1. The van der Waals surface area contributed by atoms with Crippen LogP contribution in [0.2, 0.25) is 5.02 Å². The Labute approximate surface area is 133 Å². The quantitative estimate of drug-likeness (QED) is 0.799. The zero-order chi connectivity index (χ0) is 15.2. The average molecular weight is 326 g/mol. The van der Waals surface area contributed by atoms with Crippen LogP contribution in [0.3, 0.4) is 0 Å². The lowest BCUT2D eigenvalue weighted by Crippen LogP contribution is -2.24. The Kier molecular flexibility index (Phi) is 5.59. The highest BCUT2D eigenvalue weighted by Crippen LogP contribution is 2.23. The van der Waals surface area contributed by atoms with Gasteiger partial charge in [0, 0.05) is 17.3 Å². The van der Waals surface area contributed by atoms with Crippen LogP contribution in [-0.4, -0.2) is 18.2 Å². The first-order valence-corrected chi connectivity index (χ1v) is 7.48. The zero-order valence-electron chi connectivity index (χ0n) is 11.6. The number of hydrogen-bond donors (Lipinski definition) is 2. The van der Waals surface area contributed by atoms with Gasteiger partial charge < -0.3 is 14.5 Å². The van der Waals surface area contributed by atoms with Gasteiger partial charge in [-0.25, -0.2) is 0 Å². The van der Waals surface area contributed by atoms with Crippen molar-refractivity contribution < 1.29 is 13.9 Å². The van der Waals surface area contributed by atoms with Gasteiger partial charge in [0.2, 0.25) is 0 Å². The molecular weight excluding hydrogens is 310 g/mol. The summed E-state index contributed by atoms with van der Waals surface area (Å²) >= 11 is 9.92. The summed E-state index contributed by atoms with van der Waals surface area (Å²) in [6.45, 7) is 2.67. The number of carbonyl (C=O) groups excluding carboxylic acids is 1. The van der Waals surface area contributed by atoms with Crippen molar-refractivity contribution in [2.75, 3.05) is 12.3 Å². The summed E-state index contributed by atoms with van der Waals surface area (Å²) in [5.74, 6) is 1.91. The van der Waals surface area contributed by atoms with E-state index >= 15 is 0 Å². The Hall–Kier alpha value is -1.59. The molecule has 2 aromatic rings. The molecule has 1 aromatic heterocycles. The Morgan fingerprint density at radius 2 is 2.19 bits per heavy atom. The molecule has 0 aliphatic heterocycles. The van der Waals surface area contributed by atoms with Crippen molar-refractivity contribution >= 4 is 30.1 Å². The molecule has 0 unspecified atom stereocenters. The van der Waals surface area contributed by atoms with Gasteiger partial charge >= 0.3 is 0 Å². The van der Waals surface area contributed by atoms with Gasteiger partial charge in [-0.05, 0) is 42.8 Å². The molecule has 2 rings (SSSR count). The van der Waals surface area contributed by atoms with Gasteiger partial charge in [-0.3, -0.25) is 4.79 Å². The number of ether oxygens (including phenoxy) is 1. The summed E-state index contributed by atoms with van der Waals surface area (Å²) in [6, 6.07) is 8.75. The SMILES string of the molecule is Cc1cc(Cl)ccc1OCc1ccc(C(=O)NCCS)o1. The van der Waals surface area contributed by atoms with E-state index in [9.17, 15) is 4.79 Å². The van der Waals surface area contributed by atoms with E-state index in [0.717, 1.165) is 11.3 Å². The maximum Gasteiger partial charge on any atom is 0.287 e. The fraction of sp³-hybridized carbons (Fsp3) is 0.267. The number of rotatable bonds is 6. The minimum absolute atomic E-state index is 0.252. The van der Waals surface area contributed by atoms with Crippen LogP contribution in [0, 0.1) is 6.92 Å². The highest BCUT2D eigenvalue weighted by molar-refractivity contribution is 7.80. The summed E-state index contributed by atoms with van der Waals surface area (Å²) in [6.07, 6.45) is 0. The minimum atomic E-state index is -0.252. The van der Waals surface area contributed by atoms with Crippen LogP contribution < -0.4 is 10.1 Å². The predicted octanol–water partition coefficient (Wildman–Crippen LogP) is 3.48. The van der Waals surface area contributed by atoms with Gasteiger partial charge in [-0.2, -0.15) is 12.6 Å². The molecule has 1 heterocycles. The monoisotopic (exact) mass is 325 g/mol. The van der Waals surface area contributed by atoms with Crippen LogP contribution in [0.4, 0.5) is 0 Å². The molecule has 0 spiro atoms. The molecule has 0 bridgehead atoms. The van der Waals surface area contributed by atoms with E-state index in [0.29, 0.717) is 23.1 Å². The van der Waals surface area contributed by atoms with Crippen LogP contribution in [0.1, 0.15) is 21.9 Å². The summed E-state index contributed by atoms with van der Waals surface area (Å²) in [4.78, 5) is 11.7. The second-order valence-corrected chi connectivity index (χ2v) is 5.33.